The first-order chi connectivity index (χ1) is 8.93. The minimum atomic E-state index is -0.0914. The molecule has 112 valence electrons. The van der Waals surface area contributed by atoms with Crippen LogP contribution in [-0.4, -0.2) is 11.2 Å². The maximum Gasteiger partial charge on any atom is 0.138 e. The predicted molar refractivity (Wildman–Crippen MR) is 78.9 cm³/mol. The maximum absolute atomic E-state index is 5.87. The number of fused-ring (bicyclic) bond motifs is 1. The number of hydrogen-bond acceptors (Lipinski definition) is 2. The zero-order valence-corrected chi connectivity index (χ0v) is 13.6. The molecule has 2 heteroatoms. The molecule has 0 aromatic heterocycles. The highest BCUT2D eigenvalue weighted by Crippen LogP contribution is 2.63. The van der Waals surface area contributed by atoms with Crippen molar-refractivity contribution in [2.45, 2.75) is 97.2 Å². The normalized spacial score (nSPS) is 40.6. The lowest BCUT2D eigenvalue weighted by atomic mass is 9.52. The molecule has 2 nitrogen and oxygen atoms in total. The van der Waals surface area contributed by atoms with Gasteiger partial charge in [-0.2, -0.15) is 0 Å². The maximum atomic E-state index is 5.87. The minimum Gasteiger partial charge on any atom is -0.226 e. The fraction of sp³-hybridized carbons (Fsp3) is 1.00. The quantitative estimate of drug-likeness (QED) is 0.611. The molecule has 1 heterocycles. The van der Waals surface area contributed by atoms with Gasteiger partial charge in [-0.1, -0.05) is 53.4 Å². The largest absolute Gasteiger partial charge is 0.226 e. The Morgan fingerprint density at radius 3 is 2.21 bits per heavy atom. The van der Waals surface area contributed by atoms with Crippen LogP contribution in [0.25, 0.3) is 0 Å². The van der Waals surface area contributed by atoms with E-state index in [9.17, 15) is 0 Å². The van der Waals surface area contributed by atoms with Crippen molar-refractivity contribution in [3.8, 4) is 0 Å². The van der Waals surface area contributed by atoms with Crippen molar-refractivity contribution in [1.29, 1.82) is 0 Å². The molecule has 3 unspecified atom stereocenters. The molecule has 2 fully saturated rings. The number of rotatable bonds is 6. The van der Waals surface area contributed by atoms with Gasteiger partial charge in [0.25, 0.3) is 0 Å². The van der Waals surface area contributed by atoms with Crippen LogP contribution in [0.1, 0.15) is 86.0 Å². The van der Waals surface area contributed by atoms with Crippen molar-refractivity contribution in [2.24, 2.45) is 11.3 Å². The van der Waals surface area contributed by atoms with Gasteiger partial charge in [0.05, 0.1) is 0 Å². The first-order valence-electron chi connectivity index (χ1n) is 8.30. The van der Waals surface area contributed by atoms with Crippen molar-refractivity contribution in [1.82, 2.24) is 0 Å². The molecule has 0 amide bonds. The van der Waals surface area contributed by atoms with Gasteiger partial charge in [0.1, 0.15) is 11.2 Å². The van der Waals surface area contributed by atoms with E-state index in [-0.39, 0.29) is 16.6 Å². The molecule has 1 aliphatic carbocycles. The third-order valence-electron chi connectivity index (χ3n) is 6.04. The van der Waals surface area contributed by atoms with E-state index in [0.717, 1.165) is 6.42 Å². The van der Waals surface area contributed by atoms with E-state index in [2.05, 4.69) is 34.6 Å². The Bertz CT molecular complexity index is 312. The predicted octanol–water partition coefficient (Wildman–Crippen LogP) is 5.26. The van der Waals surface area contributed by atoms with Crippen LogP contribution < -0.4 is 0 Å². The Hall–Kier alpha value is -0.0800. The average Bonchev–Trinajstić information content (AvgIpc) is 2.37. The van der Waals surface area contributed by atoms with Gasteiger partial charge < -0.3 is 0 Å². The van der Waals surface area contributed by atoms with Crippen LogP contribution in [-0.2, 0) is 9.78 Å². The van der Waals surface area contributed by atoms with E-state index in [1.165, 1.54) is 44.9 Å². The summed E-state index contributed by atoms with van der Waals surface area (Å²) in [5.74, 6) is 0.686. The molecule has 1 aliphatic heterocycles. The molecule has 0 aromatic rings. The molecule has 3 atom stereocenters. The Kier molecular flexibility index (Phi) is 4.32. The van der Waals surface area contributed by atoms with Crippen LogP contribution in [0.15, 0.2) is 0 Å². The zero-order valence-electron chi connectivity index (χ0n) is 13.6. The fourth-order valence-corrected chi connectivity index (χ4v) is 4.18. The average molecular weight is 268 g/mol. The lowest BCUT2D eigenvalue weighted by Crippen LogP contribution is -2.76. The minimum absolute atomic E-state index is 0.0140. The molecule has 0 bridgehead atoms. The number of hydrogen-bond donors (Lipinski definition) is 0. The van der Waals surface area contributed by atoms with Crippen LogP contribution in [0, 0.1) is 11.3 Å². The third kappa shape index (κ3) is 2.15. The van der Waals surface area contributed by atoms with Crippen LogP contribution in [0.4, 0.5) is 0 Å². The Morgan fingerprint density at radius 1 is 1.00 bits per heavy atom. The van der Waals surface area contributed by atoms with E-state index in [4.69, 9.17) is 9.78 Å². The second-order valence-electron chi connectivity index (χ2n) is 7.45. The highest BCUT2D eigenvalue weighted by molar-refractivity contribution is 5.16. The fourth-order valence-electron chi connectivity index (χ4n) is 4.18. The molecule has 2 rings (SSSR count). The zero-order chi connectivity index (χ0) is 14.1. The third-order valence-corrected chi connectivity index (χ3v) is 6.04. The standard InChI is InChI=1S/C17H32O2/c1-6-8-10-14-11-13-15(3,4)16(5)17(14,19-18-16)12-9-7-2/h14H,6-13H2,1-5H3. The molecular formula is C17H32O2. The smallest absolute Gasteiger partial charge is 0.138 e. The summed E-state index contributed by atoms with van der Waals surface area (Å²) in [5.41, 5.74) is 0.119. The lowest BCUT2D eigenvalue weighted by molar-refractivity contribution is -0.588. The van der Waals surface area contributed by atoms with Crippen LogP contribution in [0.5, 0.6) is 0 Å². The summed E-state index contributed by atoms with van der Waals surface area (Å²) in [6, 6.07) is 0. The topological polar surface area (TPSA) is 18.5 Å². The second-order valence-corrected chi connectivity index (χ2v) is 7.45. The SMILES string of the molecule is CCCCC1CCC(C)(C)C2(C)OOC12CCCC. The van der Waals surface area contributed by atoms with Crippen molar-refractivity contribution in [3.05, 3.63) is 0 Å². The van der Waals surface area contributed by atoms with Crippen LogP contribution in [0.3, 0.4) is 0 Å². The summed E-state index contributed by atoms with van der Waals surface area (Å²) in [5, 5.41) is 0. The first kappa shape index (κ1) is 15.3. The van der Waals surface area contributed by atoms with Crippen LogP contribution >= 0.6 is 0 Å². The summed E-state index contributed by atoms with van der Waals surface area (Å²) in [6.45, 7) is 11.5. The first-order valence-corrected chi connectivity index (χ1v) is 8.30. The molecule has 0 spiro atoms. The van der Waals surface area contributed by atoms with E-state index >= 15 is 0 Å². The summed E-state index contributed by atoms with van der Waals surface area (Å²) in [4.78, 5) is 11.6. The Balaban J connectivity index is 2.22. The molecule has 0 radical (unpaired) electrons. The van der Waals surface area contributed by atoms with E-state index < -0.39 is 0 Å². The summed E-state index contributed by atoms with van der Waals surface area (Å²) in [7, 11) is 0. The molecule has 19 heavy (non-hydrogen) atoms. The Morgan fingerprint density at radius 2 is 1.68 bits per heavy atom. The van der Waals surface area contributed by atoms with E-state index in [1.54, 1.807) is 0 Å². The van der Waals surface area contributed by atoms with Gasteiger partial charge in [0.2, 0.25) is 0 Å². The summed E-state index contributed by atoms with van der Waals surface area (Å²) in [6.07, 6.45) is 10.1. The van der Waals surface area contributed by atoms with Gasteiger partial charge in [-0.3, -0.25) is 0 Å². The van der Waals surface area contributed by atoms with Gasteiger partial charge in [-0.25, -0.2) is 9.78 Å². The van der Waals surface area contributed by atoms with Crippen molar-refractivity contribution >= 4 is 0 Å². The molecule has 2 aliphatic rings. The molecule has 0 N–H and O–H groups in total. The molecule has 1 saturated carbocycles. The highest BCUT2D eigenvalue weighted by Gasteiger charge is 2.71. The number of unbranched alkanes of at least 4 members (excludes halogenated alkanes) is 2. The van der Waals surface area contributed by atoms with Gasteiger partial charge in [0, 0.05) is 0 Å². The Labute approximate surface area is 119 Å². The molecular weight excluding hydrogens is 236 g/mol. The van der Waals surface area contributed by atoms with Gasteiger partial charge in [0.15, 0.2) is 0 Å². The van der Waals surface area contributed by atoms with Crippen LogP contribution in [0.2, 0.25) is 0 Å². The van der Waals surface area contributed by atoms with Crippen molar-refractivity contribution in [2.75, 3.05) is 0 Å². The van der Waals surface area contributed by atoms with E-state index in [1.807, 2.05) is 0 Å². The second kappa shape index (κ2) is 5.37. The molecule has 1 saturated heterocycles. The van der Waals surface area contributed by atoms with Crippen molar-refractivity contribution < 1.29 is 9.78 Å². The van der Waals surface area contributed by atoms with Crippen molar-refractivity contribution in [3.63, 3.8) is 0 Å². The summed E-state index contributed by atoms with van der Waals surface area (Å²) >= 11 is 0. The van der Waals surface area contributed by atoms with Gasteiger partial charge in [-0.05, 0) is 43.9 Å². The highest BCUT2D eigenvalue weighted by atomic mass is 17.3. The monoisotopic (exact) mass is 268 g/mol. The summed E-state index contributed by atoms with van der Waals surface area (Å²) < 4.78 is 0. The lowest BCUT2D eigenvalue weighted by Gasteiger charge is -2.67. The van der Waals surface area contributed by atoms with Gasteiger partial charge >= 0.3 is 0 Å². The van der Waals surface area contributed by atoms with E-state index in [0.29, 0.717) is 5.92 Å². The van der Waals surface area contributed by atoms with Gasteiger partial charge in [-0.15, -0.1) is 0 Å². The molecule has 0 aromatic carbocycles.